The van der Waals surface area contributed by atoms with Gasteiger partial charge < -0.3 is 10.1 Å². The maximum absolute atomic E-state index is 5.91. The zero-order chi connectivity index (χ0) is 15.1. The Morgan fingerprint density at radius 1 is 1.24 bits per heavy atom. The molecular formula is C17H22BrNOS. The molecule has 0 aliphatic carbocycles. The molecule has 1 aromatic carbocycles. The van der Waals surface area contributed by atoms with E-state index in [1.165, 1.54) is 11.1 Å². The summed E-state index contributed by atoms with van der Waals surface area (Å²) in [6, 6.07) is 8.40. The summed E-state index contributed by atoms with van der Waals surface area (Å²) in [4.78, 5) is 0. The Morgan fingerprint density at radius 2 is 2.10 bits per heavy atom. The van der Waals surface area contributed by atoms with Crippen LogP contribution in [0.15, 0.2) is 39.5 Å². The largest absolute Gasteiger partial charge is 0.492 e. The van der Waals surface area contributed by atoms with E-state index in [0.29, 0.717) is 12.5 Å². The van der Waals surface area contributed by atoms with Crippen LogP contribution < -0.4 is 10.1 Å². The van der Waals surface area contributed by atoms with Crippen LogP contribution in [0.2, 0.25) is 0 Å². The quantitative estimate of drug-likeness (QED) is 0.673. The molecule has 0 bridgehead atoms. The molecule has 0 atom stereocenters. The Morgan fingerprint density at radius 3 is 2.81 bits per heavy atom. The highest BCUT2D eigenvalue weighted by molar-refractivity contribution is 9.10. The van der Waals surface area contributed by atoms with E-state index in [9.17, 15) is 0 Å². The average Bonchev–Trinajstić information content (AvgIpc) is 2.97. The van der Waals surface area contributed by atoms with Crippen LogP contribution >= 0.6 is 27.3 Å². The highest BCUT2D eigenvalue weighted by Gasteiger charge is 2.08. The normalized spacial score (nSPS) is 11.0. The second-order valence-corrected chi connectivity index (χ2v) is 7.01. The van der Waals surface area contributed by atoms with Crippen LogP contribution in [0, 0.1) is 0 Å². The number of nitrogens with one attached hydrogen (secondary N) is 1. The molecule has 0 radical (unpaired) electrons. The number of halogens is 1. The van der Waals surface area contributed by atoms with Crippen molar-refractivity contribution in [3.05, 3.63) is 50.6 Å². The van der Waals surface area contributed by atoms with Crippen molar-refractivity contribution in [1.29, 1.82) is 0 Å². The van der Waals surface area contributed by atoms with Gasteiger partial charge in [0.15, 0.2) is 0 Å². The second kappa shape index (κ2) is 8.57. The van der Waals surface area contributed by atoms with Gasteiger partial charge in [0.1, 0.15) is 12.4 Å². The lowest BCUT2D eigenvalue weighted by Gasteiger charge is -2.14. The van der Waals surface area contributed by atoms with Crippen molar-refractivity contribution in [2.75, 3.05) is 19.7 Å². The lowest BCUT2D eigenvalue weighted by molar-refractivity contribution is 0.310. The van der Waals surface area contributed by atoms with Gasteiger partial charge in [0.2, 0.25) is 0 Å². The van der Waals surface area contributed by atoms with Crippen molar-refractivity contribution in [3.8, 4) is 5.75 Å². The maximum Gasteiger partial charge on any atom is 0.122 e. The fourth-order valence-electron chi connectivity index (χ4n) is 2.13. The molecule has 2 rings (SSSR count). The molecule has 21 heavy (non-hydrogen) atoms. The molecule has 0 saturated heterocycles. The highest BCUT2D eigenvalue weighted by Crippen LogP contribution is 2.29. The Bertz CT molecular complexity index is 540. The fourth-order valence-corrected chi connectivity index (χ4v) is 3.21. The van der Waals surface area contributed by atoms with Gasteiger partial charge in [-0.1, -0.05) is 29.8 Å². The van der Waals surface area contributed by atoms with E-state index in [0.717, 1.165) is 29.7 Å². The molecule has 2 aromatic rings. The minimum atomic E-state index is 0.462. The van der Waals surface area contributed by atoms with E-state index in [1.807, 2.05) is 12.1 Å². The third kappa shape index (κ3) is 5.46. The predicted octanol–water partition coefficient (Wildman–Crippen LogP) is 4.85. The summed E-state index contributed by atoms with van der Waals surface area (Å²) in [5, 5.41) is 7.75. The van der Waals surface area contributed by atoms with Gasteiger partial charge >= 0.3 is 0 Å². The smallest absolute Gasteiger partial charge is 0.122 e. The Kier molecular flexibility index (Phi) is 6.74. The number of thiophene rings is 1. The fraction of sp³-hybridized carbons (Fsp3) is 0.412. The summed E-state index contributed by atoms with van der Waals surface area (Å²) in [6.45, 7) is 6.95. The molecule has 0 spiro atoms. The van der Waals surface area contributed by atoms with Gasteiger partial charge in [0.25, 0.3) is 0 Å². The molecule has 0 aliphatic heterocycles. The molecule has 0 saturated carbocycles. The number of hydrogen-bond acceptors (Lipinski definition) is 3. The lowest BCUT2D eigenvalue weighted by Crippen LogP contribution is -2.23. The minimum absolute atomic E-state index is 0.462. The Labute approximate surface area is 139 Å². The van der Waals surface area contributed by atoms with Crippen molar-refractivity contribution in [2.24, 2.45) is 0 Å². The number of ether oxygens (including phenoxy) is 1. The Balaban J connectivity index is 1.71. The average molecular weight is 368 g/mol. The van der Waals surface area contributed by atoms with Crippen LogP contribution in [-0.4, -0.2) is 19.7 Å². The van der Waals surface area contributed by atoms with Crippen LogP contribution in [0.3, 0.4) is 0 Å². The SMILES string of the molecule is CC(C)c1cc(Br)ccc1OCCNCCc1ccsc1. The first kappa shape index (κ1) is 16.5. The van der Waals surface area contributed by atoms with E-state index in [4.69, 9.17) is 4.74 Å². The summed E-state index contributed by atoms with van der Waals surface area (Å²) in [5.74, 6) is 1.46. The van der Waals surface area contributed by atoms with Crippen LogP contribution in [0.4, 0.5) is 0 Å². The summed E-state index contributed by atoms with van der Waals surface area (Å²) in [5.41, 5.74) is 2.66. The maximum atomic E-state index is 5.91. The molecular weight excluding hydrogens is 346 g/mol. The molecule has 0 unspecified atom stereocenters. The predicted molar refractivity (Wildman–Crippen MR) is 94.6 cm³/mol. The van der Waals surface area contributed by atoms with E-state index in [-0.39, 0.29) is 0 Å². The van der Waals surface area contributed by atoms with Crippen molar-refractivity contribution in [1.82, 2.24) is 5.32 Å². The van der Waals surface area contributed by atoms with Crippen LogP contribution in [0.25, 0.3) is 0 Å². The third-order valence-electron chi connectivity index (χ3n) is 3.30. The van der Waals surface area contributed by atoms with Gasteiger partial charge in [-0.15, -0.1) is 0 Å². The van der Waals surface area contributed by atoms with E-state index < -0.39 is 0 Å². The van der Waals surface area contributed by atoms with Gasteiger partial charge in [0, 0.05) is 11.0 Å². The molecule has 0 fully saturated rings. The first-order chi connectivity index (χ1) is 10.2. The second-order valence-electron chi connectivity index (χ2n) is 5.32. The molecule has 1 N–H and O–H groups in total. The summed E-state index contributed by atoms with van der Waals surface area (Å²) >= 11 is 5.27. The van der Waals surface area contributed by atoms with Gasteiger partial charge in [0.05, 0.1) is 0 Å². The highest BCUT2D eigenvalue weighted by atomic mass is 79.9. The van der Waals surface area contributed by atoms with Crippen molar-refractivity contribution in [3.63, 3.8) is 0 Å². The Hall–Kier alpha value is -0.840. The van der Waals surface area contributed by atoms with Gasteiger partial charge in [-0.05, 0) is 65.0 Å². The molecule has 114 valence electrons. The zero-order valence-electron chi connectivity index (χ0n) is 12.6. The zero-order valence-corrected chi connectivity index (χ0v) is 15.0. The van der Waals surface area contributed by atoms with Gasteiger partial charge in [-0.2, -0.15) is 11.3 Å². The van der Waals surface area contributed by atoms with Gasteiger partial charge in [-0.25, -0.2) is 0 Å². The molecule has 2 nitrogen and oxygen atoms in total. The van der Waals surface area contributed by atoms with E-state index in [1.54, 1.807) is 11.3 Å². The monoisotopic (exact) mass is 367 g/mol. The van der Waals surface area contributed by atoms with E-state index >= 15 is 0 Å². The topological polar surface area (TPSA) is 21.3 Å². The van der Waals surface area contributed by atoms with Gasteiger partial charge in [-0.3, -0.25) is 0 Å². The molecule has 0 aliphatic rings. The first-order valence-corrected chi connectivity index (χ1v) is 9.04. The van der Waals surface area contributed by atoms with Crippen LogP contribution in [0.1, 0.15) is 30.9 Å². The molecule has 1 heterocycles. The molecule has 4 heteroatoms. The minimum Gasteiger partial charge on any atom is -0.492 e. The van der Waals surface area contributed by atoms with Crippen LogP contribution in [-0.2, 0) is 6.42 Å². The van der Waals surface area contributed by atoms with Crippen LogP contribution in [0.5, 0.6) is 5.75 Å². The van der Waals surface area contributed by atoms with Crippen molar-refractivity contribution < 1.29 is 4.74 Å². The molecule has 1 aromatic heterocycles. The summed E-state index contributed by atoms with van der Waals surface area (Å²) in [6.07, 6.45) is 1.08. The third-order valence-corrected chi connectivity index (χ3v) is 4.53. The van der Waals surface area contributed by atoms with Crippen molar-refractivity contribution in [2.45, 2.75) is 26.2 Å². The number of hydrogen-bond donors (Lipinski definition) is 1. The number of benzene rings is 1. The summed E-state index contributed by atoms with van der Waals surface area (Å²) in [7, 11) is 0. The van der Waals surface area contributed by atoms with Crippen molar-refractivity contribution >= 4 is 27.3 Å². The van der Waals surface area contributed by atoms with E-state index in [2.05, 4.69) is 58.0 Å². The standard InChI is InChI=1S/C17H22BrNOS/c1-13(2)16-11-15(18)3-4-17(16)20-9-8-19-7-5-14-6-10-21-12-14/h3-4,6,10-13,19H,5,7-9H2,1-2H3. The number of rotatable bonds is 8. The molecule has 0 amide bonds. The summed E-state index contributed by atoms with van der Waals surface area (Å²) < 4.78 is 7.01. The first-order valence-electron chi connectivity index (χ1n) is 7.31. The lowest BCUT2D eigenvalue weighted by atomic mass is 10.0.